The number of carbonyl (C=O) groups excluding carboxylic acids is 2. The maximum atomic E-state index is 13.2. The molecule has 1 amide bonds. The maximum Gasteiger partial charge on any atom is 0.337 e. The number of hydrogen-bond donors (Lipinski definition) is 1. The number of allylic oxidation sites excluding steroid dienone is 2. The first-order valence-corrected chi connectivity index (χ1v) is 10.5. The summed E-state index contributed by atoms with van der Waals surface area (Å²) in [6.07, 6.45) is 1.49. The molecule has 1 heterocycles. The number of halogens is 3. The van der Waals surface area contributed by atoms with E-state index in [-0.39, 0.29) is 28.7 Å². The van der Waals surface area contributed by atoms with E-state index in [2.05, 4.69) is 0 Å². The predicted octanol–water partition coefficient (Wildman–Crippen LogP) is 5.87. The van der Waals surface area contributed by atoms with Crippen LogP contribution in [0.5, 0.6) is 0 Å². The number of Topliss-reactive ketones (excluding diaryl/α,β-unsaturated/α-hetero) is 1. The molecule has 1 aliphatic heterocycles. The number of carboxylic acid groups (broad SMARTS) is 1. The van der Waals surface area contributed by atoms with Crippen LogP contribution in [0.2, 0.25) is 15.1 Å². The van der Waals surface area contributed by atoms with Gasteiger partial charge in [0.2, 0.25) is 5.91 Å². The topological polar surface area (TPSA) is 74.7 Å². The van der Waals surface area contributed by atoms with Crippen molar-refractivity contribution >= 4 is 58.1 Å². The number of anilines is 1. The van der Waals surface area contributed by atoms with Gasteiger partial charge in [-0.15, -0.1) is 0 Å². The lowest BCUT2D eigenvalue weighted by molar-refractivity contribution is -0.119. The Morgan fingerprint density at radius 1 is 1.00 bits per heavy atom. The first-order chi connectivity index (χ1) is 14.3. The van der Waals surface area contributed by atoms with Gasteiger partial charge in [-0.05, 0) is 48.7 Å². The number of carboxylic acids is 1. The highest BCUT2D eigenvalue weighted by atomic mass is 35.5. The van der Waals surface area contributed by atoms with Gasteiger partial charge in [-0.25, -0.2) is 4.79 Å². The number of amides is 1. The summed E-state index contributed by atoms with van der Waals surface area (Å²) in [7, 11) is 0. The second-order valence-corrected chi connectivity index (χ2v) is 8.45. The first kappa shape index (κ1) is 20.9. The van der Waals surface area contributed by atoms with Gasteiger partial charge in [0.25, 0.3) is 0 Å². The van der Waals surface area contributed by atoms with Gasteiger partial charge in [-0.3, -0.25) is 14.5 Å². The Balaban J connectivity index is 1.91. The van der Waals surface area contributed by atoms with Crippen LogP contribution in [0.1, 0.15) is 47.5 Å². The lowest BCUT2D eigenvalue weighted by atomic mass is 9.77. The van der Waals surface area contributed by atoms with Gasteiger partial charge in [-0.1, -0.05) is 40.9 Å². The predicted molar refractivity (Wildman–Crippen MR) is 116 cm³/mol. The van der Waals surface area contributed by atoms with E-state index < -0.39 is 11.9 Å². The third kappa shape index (κ3) is 3.51. The molecule has 1 unspecified atom stereocenters. The Kier molecular flexibility index (Phi) is 5.62. The van der Waals surface area contributed by atoms with Crippen molar-refractivity contribution in [3.05, 3.63) is 73.9 Å². The molecule has 0 aromatic heterocycles. The van der Waals surface area contributed by atoms with Crippen LogP contribution in [0.3, 0.4) is 0 Å². The quantitative estimate of drug-likeness (QED) is 0.616. The zero-order valence-corrected chi connectivity index (χ0v) is 17.9. The number of nitrogens with zero attached hydrogens (tertiary/aromatic N) is 1. The standard InChI is InChI=1S/C22H16Cl3NO4/c23-14-8-7-11(9-12(14)22(29)30)26-17-5-2-6-18(27)21(17)13(10-19(26)28)20-15(24)3-1-4-16(20)25/h1,3-4,7-9,13H,2,5-6,10H2,(H,29,30). The van der Waals surface area contributed by atoms with E-state index in [1.165, 1.54) is 17.0 Å². The van der Waals surface area contributed by atoms with E-state index in [1.807, 2.05) is 0 Å². The smallest absolute Gasteiger partial charge is 0.337 e. The second kappa shape index (κ2) is 8.06. The largest absolute Gasteiger partial charge is 0.478 e. The van der Waals surface area contributed by atoms with Crippen LogP contribution in [0, 0.1) is 0 Å². The van der Waals surface area contributed by atoms with Crippen LogP contribution in [0.15, 0.2) is 47.7 Å². The molecule has 154 valence electrons. The van der Waals surface area contributed by atoms with Crippen molar-refractivity contribution in [1.82, 2.24) is 0 Å². The fourth-order valence-corrected chi connectivity index (χ4v) is 5.06. The van der Waals surface area contributed by atoms with Crippen molar-refractivity contribution in [3.8, 4) is 0 Å². The molecule has 2 aromatic rings. The minimum Gasteiger partial charge on any atom is -0.478 e. The zero-order chi connectivity index (χ0) is 21.6. The zero-order valence-electron chi connectivity index (χ0n) is 15.6. The SMILES string of the molecule is O=C1CCCC2=C1C(c1c(Cl)cccc1Cl)CC(=O)N2c1ccc(Cl)c(C(=O)O)c1. The molecule has 1 aliphatic carbocycles. The van der Waals surface area contributed by atoms with Crippen molar-refractivity contribution in [2.75, 3.05) is 4.90 Å². The molecular weight excluding hydrogens is 449 g/mol. The van der Waals surface area contributed by atoms with Crippen molar-refractivity contribution in [3.63, 3.8) is 0 Å². The van der Waals surface area contributed by atoms with Crippen LogP contribution >= 0.6 is 34.8 Å². The molecule has 0 bridgehead atoms. The molecule has 8 heteroatoms. The summed E-state index contributed by atoms with van der Waals surface area (Å²) in [6.45, 7) is 0. The van der Waals surface area contributed by atoms with E-state index in [9.17, 15) is 19.5 Å². The van der Waals surface area contributed by atoms with E-state index in [1.54, 1.807) is 24.3 Å². The molecule has 30 heavy (non-hydrogen) atoms. The van der Waals surface area contributed by atoms with Gasteiger partial charge in [0.05, 0.1) is 10.6 Å². The van der Waals surface area contributed by atoms with Gasteiger partial charge in [0.15, 0.2) is 5.78 Å². The van der Waals surface area contributed by atoms with Crippen molar-refractivity contribution < 1.29 is 19.5 Å². The maximum absolute atomic E-state index is 13.2. The summed E-state index contributed by atoms with van der Waals surface area (Å²) < 4.78 is 0. The summed E-state index contributed by atoms with van der Waals surface area (Å²) in [5.41, 5.74) is 1.92. The van der Waals surface area contributed by atoms with Crippen LogP contribution in [-0.2, 0) is 9.59 Å². The molecule has 5 nitrogen and oxygen atoms in total. The summed E-state index contributed by atoms with van der Waals surface area (Å²) >= 11 is 18.8. The highest BCUT2D eigenvalue weighted by Gasteiger charge is 2.41. The van der Waals surface area contributed by atoms with Gasteiger partial charge < -0.3 is 5.11 Å². The van der Waals surface area contributed by atoms with Gasteiger partial charge in [-0.2, -0.15) is 0 Å². The molecule has 1 N–H and O–H groups in total. The van der Waals surface area contributed by atoms with Crippen LogP contribution in [0.4, 0.5) is 5.69 Å². The molecule has 4 rings (SSSR count). The normalized spacial score (nSPS) is 19.2. The lowest BCUT2D eigenvalue weighted by Gasteiger charge is -2.38. The Morgan fingerprint density at radius 3 is 2.37 bits per heavy atom. The first-order valence-electron chi connectivity index (χ1n) is 9.35. The monoisotopic (exact) mass is 463 g/mol. The van der Waals surface area contributed by atoms with E-state index in [0.29, 0.717) is 51.8 Å². The van der Waals surface area contributed by atoms with E-state index in [0.717, 1.165) is 0 Å². The highest BCUT2D eigenvalue weighted by molar-refractivity contribution is 6.36. The van der Waals surface area contributed by atoms with Crippen LogP contribution < -0.4 is 4.90 Å². The number of carbonyl (C=O) groups is 3. The minimum atomic E-state index is -1.19. The summed E-state index contributed by atoms with van der Waals surface area (Å²) in [4.78, 5) is 39.1. The van der Waals surface area contributed by atoms with E-state index >= 15 is 0 Å². The summed E-state index contributed by atoms with van der Waals surface area (Å²) in [5, 5.41) is 10.3. The van der Waals surface area contributed by atoms with Crippen molar-refractivity contribution in [1.29, 1.82) is 0 Å². The average molecular weight is 465 g/mol. The van der Waals surface area contributed by atoms with E-state index in [4.69, 9.17) is 34.8 Å². The van der Waals surface area contributed by atoms with Gasteiger partial charge >= 0.3 is 5.97 Å². The molecule has 1 atom stereocenters. The van der Waals surface area contributed by atoms with Crippen LogP contribution in [-0.4, -0.2) is 22.8 Å². The number of hydrogen-bond acceptors (Lipinski definition) is 3. The Bertz CT molecular complexity index is 1110. The molecule has 2 aromatic carbocycles. The fraction of sp³-hybridized carbons (Fsp3) is 0.227. The number of aromatic carboxylic acids is 1. The molecule has 0 spiro atoms. The summed E-state index contributed by atoms with van der Waals surface area (Å²) in [6, 6.07) is 9.46. The summed E-state index contributed by atoms with van der Waals surface area (Å²) in [5.74, 6) is -2.05. The van der Waals surface area contributed by atoms with Crippen molar-refractivity contribution in [2.24, 2.45) is 0 Å². The van der Waals surface area contributed by atoms with Crippen molar-refractivity contribution in [2.45, 2.75) is 31.6 Å². The third-order valence-electron chi connectivity index (χ3n) is 5.46. The number of benzene rings is 2. The minimum absolute atomic E-state index is 0.000935. The fourth-order valence-electron chi connectivity index (χ4n) is 4.20. The Morgan fingerprint density at radius 2 is 1.70 bits per heavy atom. The molecular formula is C22H16Cl3NO4. The Hall–Kier alpha value is -2.34. The third-order valence-corrected chi connectivity index (χ3v) is 6.45. The number of ketones is 1. The lowest BCUT2D eigenvalue weighted by Crippen LogP contribution is -2.40. The highest BCUT2D eigenvalue weighted by Crippen LogP contribution is 2.47. The molecule has 0 fully saturated rings. The van der Waals surface area contributed by atoms with Crippen LogP contribution in [0.25, 0.3) is 0 Å². The second-order valence-electron chi connectivity index (χ2n) is 7.23. The van der Waals surface area contributed by atoms with Gasteiger partial charge in [0.1, 0.15) is 0 Å². The Labute approximate surface area is 187 Å². The molecule has 0 radical (unpaired) electrons. The van der Waals surface area contributed by atoms with Gasteiger partial charge in [0, 0.05) is 45.8 Å². The average Bonchev–Trinajstić information content (AvgIpc) is 2.68. The molecule has 0 saturated carbocycles. The molecule has 0 saturated heterocycles. The molecule has 2 aliphatic rings. The number of rotatable bonds is 3.